The molecule has 0 aromatic carbocycles. The van der Waals surface area contributed by atoms with Gasteiger partial charge in [-0.05, 0) is 0 Å². The number of carbonyl (C=O) groups is 1. The van der Waals surface area contributed by atoms with E-state index >= 15 is 0 Å². The standard InChI is InChI=1S/C4H10N2OS2/c5-1-2-8-9-3-4(6)7/h1-3,5H2,(H2,6,7). The molecule has 0 spiro atoms. The minimum Gasteiger partial charge on any atom is -0.369 e. The molecule has 0 saturated carbocycles. The Morgan fingerprint density at radius 1 is 1.44 bits per heavy atom. The Hall–Kier alpha value is 0.130. The van der Waals surface area contributed by atoms with E-state index in [2.05, 4.69) is 0 Å². The van der Waals surface area contributed by atoms with Gasteiger partial charge in [-0.25, -0.2) is 0 Å². The van der Waals surface area contributed by atoms with Gasteiger partial charge in [0.05, 0.1) is 5.75 Å². The SMILES string of the molecule is NCCSSCC(N)=O. The lowest BCUT2D eigenvalue weighted by atomic mass is 10.8. The average molecular weight is 166 g/mol. The number of amides is 1. The lowest BCUT2D eigenvalue weighted by Crippen LogP contribution is -2.12. The zero-order valence-electron chi connectivity index (χ0n) is 5.00. The van der Waals surface area contributed by atoms with Crippen LogP contribution in [0.2, 0.25) is 0 Å². The van der Waals surface area contributed by atoms with Gasteiger partial charge in [-0.3, -0.25) is 4.79 Å². The Morgan fingerprint density at radius 2 is 2.11 bits per heavy atom. The summed E-state index contributed by atoms with van der Waals surface area (Å²) in [4.78, 5) is 10.1. The minimum atomic E-state index is -0.274. The molecule has 0 fully saturated rings. The first-order valence-electron chi connectivity index (χ1n) is 2.50. The summed E-state index contributed by atoms with van der Waals surface area (Å²) in [7, 11) is 3.02. The summed E-state index contributed by atoms with van der Waals surface area (Å²) in [6.07, 6.45) is 0. The van der Waals surface area contributed by atoms with Crippen LogP contribution in [0, 0.1) is 0 Å². The molecule has 0 aliphatic carbocycles. The van der Waals surface area contributed by atoms with Crippen molar-refractivity contribution in [2.75, 3.05) is 18.1 Å². The lowest BCUT2D eigenvalue weighted by Gasteiger charge is -1.93. The van der Waals surface area contributed by atoms with Crippen molar-refractivity contribution in [1.82, 2.24) is 0 Å². The maximum atomic E-state index is 10.1. The van der Waals surface area contributed by atoms with Crippen LogP contribution >= 0.6 is 21.6 Å². The Kier molecular flexibility index (Phi) is 6.34. The number of hydrogen-bond donors (Lipinski definition) is 2. The Labute approximate surface area is 62.3 Å². The van der Waals surface area contributed by atoms with Crippen LogP contribution in [0.5, 0.6) is 0 Å². The fourth-order valence-corrected chi connectivity index (χ4v) is 1.86. The van der Waals surface area contributed by atoms with Gasteiger partial charge < -0.3 is 11.5 Å². The molecule has 0 unspecified atom stereocenters. The third kappa shape index (κ3) is 8.13. The number of primary amides is 1. The summed E-state index contributed by atoms with van der Waals surface area (Å²) < 4.78 is 0. The smallest absolute Gasteiger partial charge is 0.228 e. The van der Waals surface area contributed by atoms with E-state index in [0.29, 0.717) is 12.3 Å². The van der Waals surface area contributed by atoms with E-state index in [1.165, 1.54) is 10.8 Å². The summed E-state index contributed by atoms with van der Waals surface area (Å²) in [5.41, 5.74) is 10.1. The monoisotopic (exact) mass is 166 g/mol. The first kappa shape index (κ1) is 9.13. The van der Waals surface area contributed by atoms with Crippen LogP contribution in [0.15, 0.2) is 0 Å². The van der Waals surface area contributed by atoms with E-state index in [1.54, 1.807) is 10.8 Å². The predicted molar refractivity (Wildman–Crippen MR) is 43.2 cm³/mol. The summed E-state index contributed by atoms with van der Waals surface area (Å²) >= 11 is 0. The molecule has 0 aliphatic heterocycles. The van der Waals surface area contributed by atoms with Crippen molar-refractivity contribution in [3.63, 3.8) is 0 Å². The molecule has 0 aromatic heterocycles. The molecule has 0 aromatic rings. The van der Waals surface area contributed by atoms with Gasteiger partial charge in [-0.2, -0.15) is 0 Å². The molecule has 54 valence electrons. The molecule has 0 radical (unpaired) electrons. The Balaban J connectivity index is 2.83. The highest BCUT2D eigenvalue weighted by atomic mass is 33.1. The van der Waals surface area contributed by atoms with Crippen LogP contribution in [0.4, 0.5) is 0 Å². The second-order valence-electron chi connectivity index (χ2n) is 1.34. The van der Waals surface area contributed by atoms with Crippen LogP contribution in [0.3, 0.4) is 0 Å². The third-order valence-corrected chi connectivity index (χ3v) is 2.81. The molecule has 0 heterocycles. The lowest BCUT2D eigenvalue weighted by molar-refractivity contribution is -0.115. The minimum absolute atomic E-state index is 0.274. The molecule has 4 N–H and O–H groups in total. The number of nitrogens with two attached hydrogens (primary N) is 2. The normalized spacial score (nSPS) is 9.44. The zero-order valence-corrected chi connectivity index (χ0v) is 6.63. The fraction of sp³-hybridized carbons (Fsp3) is 0.750. The van der Waals surface area contributed by atoms with Gasteiger partial charge in [0.15, 0.2) is 0 Å². The number of hydrogen-bond acceptors (Lipinski definition) is 4. The highest BCUT2D eigenvalue weighted by molar-refractivity contribution is 8.76. The number of carbonyl (C=O) groups excluding carboxylic acids is 1. The topological polar surface area (TPSA) is 69.1 Å². The van der Waals surface area contributed by atoms with Crippen LogP contribution in [0.1, 0.15) is 0 Å². The summed E-state index contributed by atoms with van der Waals surface area (Å²) in [6, 6.07) is 0. The molecule has 3 nitrogen and oxygen atoms in total. The molecule has 1 amide bonds. The Bertz CT molecular complexity index is 88.6. The molecular formula is C4H10N2OS2. The molecule has 5 heteroatoms. The molecule has 0 saturated heterocycles. The average Bonchev–Trinajstić information content (AvgIpc) is 1.80. The van der Waals surface area contributed by atoms with Gasteiger partial charge in [0.25, 0.3) is 0 Å². The second-order valence-corrected chi connectivity index (χ2v) is 3.92. The van der Waals surface area contributed by atoms with E-state index < -0.39 is 0 Å². The third-order valence-electron chi connectivity index (χ3n) is 0.486. The van der Waals surface area contributed by atoms with E-state index in [0.717, 1.165) is 5.75 Å². The van der Waals surface area contributed by atoms with Crippen LogP contribution in [-0.2, 0) is 4.79 Å². The molecule has 0 aliphatic rings. The molecule has 0 atom stereocenters. The number of rotatable bonds is 5. The maximum Gasteiger partial charge on any atom is 0.228 e. The van der Waals surface area contributed by atoms with Crippen molar-refractivity contribution in [3.8, 4) is 0 Å². The van der Waals surface area contributed by atoms with Crippen molar-refractivity contribution >= 4 is 27.5 Å². The zero-order chi connectivity index (χ0) is 7.11. The first-order valence-corrected chi connectivity index (χ1v) is 4.99. The highest BCUT2D eigenvalue weighted by Gasteiger charge is 1.92. The molecule has 0 rings (SSSR count). The summed E-state index contributed by atoms with van der Waals surface area (Å²) in [5, 5.41) is 0. The van der Waals surface area contributed by atoms with Crippen LogP contribution in [-0.4, -0.2) is 24.0 Å². The van der Waals surface area contributed by atoms with Crippen molar-refractivity contribution < 1.29 is 4.79 Å². The van der Waals surface area contributed by atoms with Crippen LogP contribution < -0.4 is 11.5 Å². The first-order chi connectivity index (χ1) is 4.27. The predicted octanol–water partition coefficient (Wildman–Crippen LogP) is -0.188. The molecule has 0 bridgehead atoms. The maximum absolute atomic E-state index is 10.1. The quantitative estimate of drug-likeness (QED) is 0.439. The summed E-state index contributed by atoms with van der Waals surface area (Å²) in [6.45, 7) is 0.649. The van der Waals surface area contributed by atoms with Gasteiger partial charge in [-0.15, -0.1) is 0 Å². The molecule has 9 heavy (non-hydrogen) atoms. The fourth-order valence-electron chi connectivity index (χ4n) is 0.207. The highest BCUT2D eigenvalue weighted by Crippen LogP contribution is 2.18. The van der Waals surface area contributed by atoms with Gasteiger partial charge >= 0.3 is 0 Å². The van der Waals surface area contributed by atoms with Crippen molar-refractivity contribution in [2.24, 2.45) is 11.5 Å². The van der Waals surface area contributed by atoms with Gasteiger partial charge in [-0.1, -0.05) is 21.6 Å². The van der Waals surface area contributed by atoms with Crippen molar-refractivity contribution in [3.05, 3.63) is 0 Å². The van der Waals surface area contributed by atoms with E-state index in [1.807, 2.05) is 0 Å². The van der Waals surface area contributed by atoms with E-state index in [9.17, 15) is 4.79 Å². The van der Waals surface area contributed by atoms with Crippen LogP contribution in [0.25, 0.3) is 0 Å². The van der Waals surface area contributed by atoms with Gasteiger partial charge in [0.1, 0.15) is 0 Å². The van der Waals surface area contributed by atoms with Crippen molar-refractivity contribution in [1.29, 1.82) is 0 Å². The Morgan fingerprint density at radius 3 is 2.56 bits per heavy atom. The van der Waals surface area contributed by atoms with E-state index in [-0.39, 0.29) is 5.91 Å². The second kappa shape index (κ2) is 6.25. The van der Waals surface area contributed by atoms with Gasteiger partial charge in [0.2, 0.25) is 5.91 Å². The van der Waals surface area contributed by atoms with Crippen molar-refractivity contribution in [2.45, 2.75) is 0 Å². The van der Waals surface area contributed by atoms with Gasteiger partial charge in [0, 0.05) is 12.3 Å². The largest absolute Gasteiger partial charge is 0.369 e. The van der Waals surface area contributed by atoms with E-state index in [4.69, 9.17) is 11.5 Å². The molecular weight excluding hydrogens is 156 g/mol. The summed E-state index contributed by atoms with van der Waals surface area (Å²) in [5.74, 6) is 0.979.